The molecule has 0 aliphatic carbocycles. The second kappa shape index (κ2) is 13.4. The number of Topliss-reactive ketones (excluding diaryl/α,β-unsaturated/α-hetero) is 1. The van der Waals surface area contributed by atoms with E-state index in [1.807, 2.05) is 44.2 Å². The summed E-state index contributed by atoms with van der Waals surface area (Å²) >= 11 is 0. The number of nitrogens with one attached hydrogen (secondary N) is 1. The fourth-order valence-corrected chi connectivity index (χ4v) is 1.12. The molecular formula is C16H25NO. The lowest BCUT2D eigenvalue weighted by atomic mass is 10.0. The van der Waals surface area contributed by atoms with E-state index in [1.165, 1.54) is 19.4 Å². The third kappa shape index (κ3) is 8.45. The monoisotopic (exact) mass is 247 g/mol. The Morgan fingerprint density at radius 3 is 1.94 bits per heavy atom. The molecule has 0 atom stereocenters. The fourth-order valence-electron chi connectivity index (χ4n) is 1.12. The van der Waals surface area contributed by atoms with E-state index in [1.54, 1.807) is 0 Å². The summed E-state index contributed by atoms with van der Waals surface area (Å²) in [4.78, 5) is 11.2. The minimum absolute atomic E-state index is 0.0188. The SMILES string of the molecule is CC.CC(=O)/C(=C\C=N)c1ccccc1.CCC. The summed E-state index contributed by atoms with van der Waals surface area (Å²) in [6.07, 6.45) is 3.89. The molecule has 0 unspecified atom stereocenters. The fraction of sp³-hybridized carbons (Fsp3) is 0.375. The van der Waals surface area contributed by atoms with Crippen LogP contribution in [0.3, 0.4) is 0 Å². The molecule has 0 bridgehead atoms. The predicted molar refractivity (Wildman–Crippen MR) is 81.2 cm³/mol. The molecule has 100 valence electrons. The Balaban J connectivity index is 0. The average Bonchev–Trinajstić information content (AvgIpc) is 2.40. The zero-order valence-corrected chi connectivity index (χ0v) is 12.2. The molecule has 1 N–H and O–H groups in total. The Hall–Kier alpha value is -1.70. The summed E-state index contributed by atoms with van der Waals surface area (Å²) in [5, 5.41) is 6.92. The molecule has 0 fully saturated rings. The summed E-state index contributed by atoms with van der Waals surface area (Å²) in [5.41, 5.74) is 1.44. The molecule has 0 aliphatic rings. The van der Waals surface area contributed by atoms with E-state index in [0.29, 0.717) is 5.57 Å². The predicted octanol–water partition coefficient (Wildman–Crippen LogP) is 4.75. The smallest absolute Gasteiger partial charge is 0.160 e. The number of hydrogen-bond acceptors (Lipinski definition) is 2. The third-order valence-corrected chi connectivity index (χ3v) is 1.71. The van der Waals surface area contributed by atoms with Crippen LogP contribution in [0.5, 0.6) is 0 Å². The van der Waals surface area contributed by atoms with Gasteiger partial charge in [0.2, 0.25) is 0 Å². The van der Waals surface area contributed by atoms with E-state index in [9.17, 15) is 4.79 Å². The lowest BCUT2D eigenvalue weighted by Gasteiger charge is -2.01. The average molecular weight is 247 g/mol. The normalized spacial score (nSPS) is 9.28. The van der Waals surface area contributed by atoms with Crippen molar-refractivity contribution in [3.8, 4) is 0 Å². The zero-order valence-electron chi connectivity index (χ0n) is 12.2. The van der Waals surface area contributed by atoms with Crippen molar-refractivity contribution in [2.45, 2.75) is 41.0 Å². The van der Waals surface area contributed by atoms with Crippen LogP contribution in [0, 0.1) is 5.41 Å². The Bertz CT molecular complexity index is 353. The molecule has 0 saturated carbocycles. The number of carbonyl (C=O) groups is 1. The van der Waals surface area contributed by atoms with Crippen molar-refractivity contribution < 1.29 is 4.79 Å². The molecule has 2 nitrogen and oxygen atoms in total. The first-order valence-corrected chi connectivity index (χ1v) is 6.44. The van der Waals surface area contributed by atoms with Crippen LogP contribution in [0.25, 0.3) is 5.57 Å². The van der Waals surface area contributed by atoms with Crippen molar-refractivity contribution >= 4 is 17.6 Å². The van der Waals surface area contributed by atoms with Crippen LogP contribution in [0.15, 0.2) is 36.4 Å². The second-order valence-electron chi connectivity index (χ2n) is 3.38. The number of carbonyl (C=O) groups excluding carboxylic acids is 1. The van der Waals surface area contributed by atoms with E-state index in [0.717, 1.165) is 11.8 Å². The molecule has 18 heavy (non-hydrogen) atoms. The number of allylic oxidation sites excluding steroid dienone is 2. The number of rotatable bonds is 3. The molecule has 0 spiro atoms. The van der Waals surface area contributed by atoms with Gasteiger partial charge in [0.1, 0.15) is 0 Å². The van der Waals surface area contributed by atoms with Crippen molar-refractivity contribution in [3.63, 3.8) is 0 Å². The molecule has 1 aromatic rings. The van der Waals surface area contributed by atoms with E-state index < -0.39 is 0 Å². The topological polar surface area (TPSA) is 40.9 Å². The molecule has 1 aromatic carbocycles. The van der Waals surface area contributed by atoms with Crippen LogP contribution in [0.1, 0.15) is 46.6 Å². The van der Waals surface area contributed by atoms with E-state index in [2.05, 4.69) is 13.8 Å². The van der Waals surface area contributed by atoms with Gasteiger partial charge in [-0.2, -0.15) is 0 Å². The van der Waals surface area contributed by atoms with Gasteiger partial charge in [-0.25, -0.2) is 0 Å². The van der Waals surface area contributed by atoms with Gasteiger partial charge in [0, 0.05) is 11.8 Å². The number of benzene rings is 1. The molecule has 0 heterocycles. The summed E-state index contributed by atoms with van der Waals surface area (Å²) in [6.45, 7) is 9.75. The van der Waals surface area contributed by atoms with Gasteiger partial charge in [0.05, 0.1) is 0 Å². The van der Waals surface area contributed by atoms with Crippen LogP contribution < -0.4 is 0 Å². The highest BCUT2D eigenvalue weighted by molar-refractivity contribution is 6.22. The maximum absolute atomic E-state index is 11.2. The molecular weight excluding hydrogens is 222 g/mol. The lowest BCUT2D eigenvalue weighted by molar-refractivity contribution is -0.111. The van der Waals surface area contributed by atoms with Crippen LogP contribution in [0.4, 0.5) is 0 Å². The molecule has 0 radical (unpaired) electrons. The largest absolute Gasteiger partial charge is 0.309 e. The van der Waals surface area contributed by atoms with E-state index in [-0.39, 0.29) is 5.78 Å². The summed E-state index contributed by atoms with van der Waals surface area (Å²) in [5.74, 6) is -0.0188. The first-order chi connectivity index (χ1) is 8.67. The first-order valence-electron chi connectivity index (χ1n) is 6.44. The van der Waals surface area contributed by atoms with Crippen molar-refractivity contribution in [2.24, 2.45) is 0 Å². The number of hydrogen-bond donors (Lipinski definition) is 1. The Labute approximate surface area is 111 Å². The Kier molecular flexibility index (Phi) is 13.9. The highest BCUT2D eigenvalue weighted by Gasteiger charge is 2.04. The highest BCUT2D eigenvalue weighted by Crippen LogP contribution is 2.13. The van der Waals surface area contributed by atoms with Gasteiger partial charge in [-0.05, 0) is 18.6 Å². The van der Waals surface area contributed by atoms with Gasteiger partial charge in [0.25, 0.3) is 0 Å². The quantitative estimate of drug-likeness (QED) is 0.607. The summed E-state index contributed by atoms with van der Waals surface area (Å²) in [7, 11) is 0. The maximum atomic E-state index is 11.2. The summed E-state index contributed by atoms with van der Waals surface area (Å²) < 4.78 is 0. The molecule has 2 heteroatoms. The third-order valence-electron chi connectivity index (χ3n) is 1.71. The minimum Gasteiger partial charge on any atom is -0.309 e. The Morgan fingerprint density at radius 2 is 1.61 bits per heavy atom. The minimum atomic E-state index is -0.0188. The first kappa shape index (κ1) is 18.7. The van der Waals surface area contributed by atoms with Gasteiger partial charge < -0.3 is 5.41 Å². The number of ketones is 1. The van der Waals surface area contributed by atoms with Gasteiger partial charge in [0.15, 0.2) is 5.78 Å². The second-order valence-corrected chi connectivity index (χ2v) is 3.38. The van der Waals surface area contributed by atoms with Gasteiger partial charge in [-0.15, -0.1) is 0 Å². The van der Waals surface area contributed by atoms with Crippen LogP contribution in [-0.2, 0) is 4.79 Å². The van der Waals surface area contributed by atoms with E-state index >= 15 is 0 Å². The van der Waals surface area contributed by atoms with Crippen LogP contribution in [-0.4, -0.2) is 12.0 Å². The standard InChI is InChI=1S/C11H11NO.C3H8.C2H6/c1-9(13)11(7-8-12)10-5-3-2-4-6-10;1-3-2;1-2/h2-8,12H,1H3;3H2,1-2H3;1-2H3/b11-7+,12-8?;;. The molecule has 0 aromatic heterocycles. The van der Waals surface area contributed by atoms with Crippen LogP contribution in [0.2, 0.25) is 0 Å². The Morgan fingerprint density at radius 1 is 1.17 bits per heavy atom. The maximum Gasteiger partial charge on any atom is 0.160 e. The molecule has 0 aliphatic heterocycles. The van der Waals surface area contributed by atoms with Crippen molar-refractivity contribution in [1.29, 1.82) is 5.41 Å². The van der Waals surface area contributed by atoms with Crippen molar-refractivity contribution in [3.05, 3.63) is 42.0 Å². The molecule has 0 saturated heterocycles. The van der Waals surface area contributed by atoms with Crippen molar-refractivity contribution in [2.75, 3.05) is 0 Å². The van der Waals surface area contributed by atoms with Gasteiger partial charge in [-0.3, -0.25) is 4.79 Å². The van der Waals surface area contributed by atoms with Gasteiger partial charge >= 0.3 is 0 Å². The zero-order chi connectivity index (χ0) is 14.4. The summed E-state index contributed by atoms with van der Waals surface area (Å²) in [6, 6.07) is 9.35. The lowest BCUT2D eigenvalue weighted by Crippen LogP contribution is -1.95. The van der Waals surface area contributed by atoms with E-state index in [4.69, 9.17) is 5.41 Å². The highest BCUT2D eigenvalue weighted by atomic mass is 16.1. The molecule has 0 amide bonds. The van der Waals surface area contributed by atoms with Gasteiger partial charge in [-0.1, -0.05) is 64.4 Å². The van der Waals surface area contributed by atoms with Crippen LogP contribution >= 0.6 is 0 Å². The van der Waals surface area contributed by atoms with Crippen molar-refractivity contribution in [1.82, 2.24) is 0 Å². The molecule has 1 rings (SSSR count).